The van der Waals surface area contributed by atoms with Gasteiger partial charge in [0.15, 0.2) is 0 Å². The van der Waals surface area contributed by atoms with Gasteiger partial charge in [-0.2, -0.15) is 0 Å². The Morgan fingerprint density at radius 2 is 1.60 bits per heavy atom. The Bertz CT molecular complexity index is 1450. The third-order valence-corrected chi connectivity index (χ3v) is 8.58. The van der Waals surface area contributed by atoms with Gasteiger partial charge in [-0.05, 0) is 85.2 Å². The predicted octanol–water partition coefficient (Wildman–Crippen LogP) is 6.65. The van der Waals surface area contributed by atoms with E-state index < -0.39 is 5.41 Å². The van der Waals surface area contributed by atoms with Gasteiger partial charge < -0.3 is 20.3 Å². The number of halogens is 2. The number of hydrogen-bond donors (Lipinski definition) is 2. The zero-order valence-electron chi connectivity index (χ0n) is 22.4. The molecule has 3 aromatic carbocycles. The van der Waals surface area contributed by atoms with Crippen LogP contribution in [0.4, 0.5) is 11.4 Å². The van der Waals surface area contributed by atoms with Crippen molar-refractivity contribution in [1.82, 2.24) is 4.90 Å². The lowest BCUT2D eigenvalue weighted by Gasteiger charge is -2.32. The van der Waals surface area contributed by atoms with Gasteiger partial charge in [-0.15, -0.1) is 0 Å². The summed E-state index contributed by atoms with van der Waals surface area (Å²) in [4.78, 5) is 39.7. The van der Waals surface area contributed by atoms with Crippen molar-refractivity contribution < 1.29 is 19.1 Å². The van der Waals surface area contributed by atoms with E-state index in [0.29, 0.717) is 46.1 Å². The van der Waals surface area contributed by atoms with E-state index in [2.05, 4.69) is 22.8 Å². The molecule has 1 saturated carbocycles. The van der Waals surface area contributed by atoms with Crippen molar-refractivity contribution in [2.45, 2.75) is 43.9 Å². The van der Waals surface area contributed by atoms with Gasteiger partial charge in [0, 0.05) is 31.3 Å². The van der Waals surface area contributed by atoms with Gasteiger partial charge in [0.05, 0.1) is 28.3 Å². The van der Waals surface area contributed by atoms with E-state index in [4.69, 9.17) is 27.9 Å². The topological polar surface area (TPSA) is 87.7 Å². The first kappa shape index (κ1) is 28.0. The summed E-state index contributed by atoms with van der Waals surface area (Å²) in [6.45, 7) is 2.69. The van der Waals surface area contributed by atoms with Gasteiger partial charge in [-0.1, -0.05) is 41.4 Å². The zero-order valence-corrected chi connectivity index (χ0v) is 23.9. The number of carbonyl (C=O) groups is 3. The van der Waals surface area contributed by atoms with Crippen molar-refractivity contribution in [3.8, 4) is 5.75 Å². The number of nitrogens with one attached hydrogen (secondary N) is 2. The molecule has 0 unspecified atom stereocenters. The summed E-state index contributed by atoms with van der Waals surface area (Å²) in [7, 11) is 1.52. The number of anilines is 2. The number of ether oxygens (including phenoxy) is 1. The van der Waals surface area contributed by atoms with Crippen LogP contribution in [0.25, 0.3) is 0 Å². The number of benzene rings is 3. The smallest absolute Gasteiger partial charge is 0.253 e. The highest BCUT2D eigenvalue weighted by Crippen LogP contribution is 2.50. The van der Waals surface area contributed by atoms with Crippen molar-refractivity contribution >= 4 is 52.3 Å². The van der Waals surface area contributed by atoms with E-state index in [0.717, 1.165) is 36.9 Å². The molecule has 2 N–H and O–H groups in total. The second-order valence-electron chi connectivity index (χ2n) is 10.4. The highest BCUT2D eigenvalue weighted by Gasteiger charge is 2.51. The zero-order chi connectivity index (χ0) is 28.4. The third-order valence-electron chi connectivity index (χ3n) is 7.84. The number of rotatable bonds is 7. The first-order chi connectivity index (χ1) is 19.2. The molecule has 3 aromatic rings. The van der Waals surface area contributed by atoms with Gasteiger partial charge in [0.25, 0.3) is 5.91 Å². The molecular formula is C31H31Cl2N3O4. The number of carbonyl (C=O) groups excluding carboxylic acids is 3. The Morgan fingerprint density at radius 1 is 0.900 bits per heavy atom. The van der Waals surface area contributed by atoms with E-state index in [9.17, 15) is 14.4 Å². The van der Waals surface area contributed by atoms with Gasteiger partial charge in [0.2, 0.25) is 11.8 Å². The number of methoxy groups -OCH3 is 1. The van der Waals surface area contributed by atoms with Gasteiger partial charge in [-0.25, -0.2) is 0 Å². The van der Waals surface area contributed by atoms with E-state index >= 15 is 0 Å². The van der Waals surface area contributed by atoms with Crippen LogP contribution >= 0.6 is 23.2 Å². The fourth-order valence-corrected chi connectivity index (χ4v) is 5.68. The average Bonchev–Trinajstić information content (AvgIpc) is 3.77. The SMILES string of the molecule is COc1ccc(C(=O)N2CCC(c3ccc(NC(=O)C4(c5ccc(Cl)c(Cl)c5)CC4)cc3)CC2)cc1NC(C)=O. The Morgan fingerprint density at radius 3 is 2.20 bits per heavy atom. The average molecular weight is 581 g/mol. The van der Waals surface area contributed by atoms with Crippen LogP contribution in [0.15, 0.2) is 60.7 Å². The molecule has 1 heterocycles. The van der Waals surface area contributed by atoms with E-state index in [1.165, 1.54) is 19.6 Å². The Kier molecular flexibility index (Phi) is 8.06. The van der Waals surface area contributed by atoms with Crippen molar-refractivity contribution in [2.24, 2.45) is 0 Å². The summed E-state index contributed by atoms with van der Waals surface area (Å²) in [5.74, 6) is 0.498. The van der Waals surface area contributed by atoms with Gasteiger partial charge in [0.1, 0.15) is 5.75 Å². The third kappa shape index (κ3) is 5.81. The summed E-state index contributed by atoms with van der Waals surface area (Å²) in [5.41, 5.74) is 3.26. The molecule has 5 rings (SSSR count). The number of likely N-dealkylation sites (tertiary alicyclic amines) is 1. The first-order valence-corrected chi connectivity index (χ1v) is 14.1. The summed E-state index contributed by atoms with van der Waals surface area (Å²) in [5, 5.41) is 6.72. The van der Waals surface area contributed by atoms with Crippen LogP contribution in [-0.4, -0.2) is 42.8 Å². The number of nitrogens with zero attached hydrogens (tertiary/aromatic N) is 1. The maximum absolute atomic E-state index is 13.2. The van der Waals surface area contributed by atoms with Crippen molar-refractivity contribution in [3.05, 3.63) is 87.4 Å². The Labute approximate surface area is 243 Å². The number of piperidine rings is 1. The molecule has 7 nitrogen and oxygen atoms in total. The fourth-order valence-electron chi connectivity index (χ4n) is 5.38. The van der Waals surface area contributed by atoms with Crippen LogP contribution < -0.4 is 15.4 Å². The van der Waals surface area contributed by atoms with E-state index in [-0.39, 0.29) is 17.7 Å². The summed E-state index contributed by atoms with van der Waals surface area (Å²) >= 11 is 12.2. The van der Waals surface area contributed by atoms with Crippen LogP contribution in [-0.2, 0) is 15.0 Å². The van der Waals surface area contributed by atoms with E-state index in [1.807, 2.05) is 23.1 Å². The molecule has 3 amide bonds. The summed E-state index contributed by atoms with van der Waals surface area (Å²) < 4.78 is 5.30. The fraction of sp³-hybridized carbons (Fsp3) is 0.323. The summed E-state index contributed by atoms with van der Waals surface area (Å²) in [6, 6.07) is 18.5. The lowest BCUT2D eigenvalue weighted by Crippen LogP contribution is -2.38. The Balaban J connectivity index is 1.18. The molecule has 0 aromatic heterocycles. The van der Waals surface area contributed by atoms with E-state index in [1.54, 1.807) is 30.3 Å². The molecule has 208 valence electrons. The standard InChI is InChI=1S/C31H31Cl2N3O4/c1-19(37)34-27-17-22(5-10-28(27)40-2)29(38)36-15-11-21(12-16-36)20-3-7-24(8-4-20)35-30(39)31(13-14-31)23-6-9-25(32)26(33)18-23/h3-10,17-18,21H,11-16H2,1-2H3,(H,34,37)(H,35,39). The van der Waals surface area contributed by atoms with Crippen molar-refractivity contribution in [2.75, 3.05) is 30.8 Å². The van der Waals surface area contributed by atoms with Crippen molar-refractivity contribution in [1.29, 1.82) is 0 Å². The van der Waals surface area contributed by atoms with Crippen LogP contribution in [0.3, 0.4) is 0 Å². The molecule has 1 aliphatic carbocycles. The molecule has 0 bridgehead atoms. The summed E-state index contributed by atoms with van der Waals surface area (Å²) in [6.07, 6.45) is 3.23. The van der Waals surface area contributed by atoms with Crippen LogP contribution in [0.2, 0.25) is 10.0 Å². The van der Waals surface area contributed by atoms with Crippen LogP contribution in [0.5, 0.6) is 5.75 Å². The molecule has 0 atom stereocenters. The number of hydrogen-bond acceptors (Lipinski definition) is 4. The maximum atomic E-state index is 13.2. The largest absolute Gasteiger partial charge is 0.495 e. The highest BCUT2D eigenvalue weighted by atomic mass is 35.5. The normalized spacial score (nSPS) is 16.2. The lowest BCUT2D eigenvalue weighted by molar-refractivity contribution is -0.118. The molecule has 2 aliphatic rings. The quantitative estimate of drug-likeness (QED) is 0.328. The lowest BCUT2D eigenvalue weighted by atomic mass is 9.89. The molecule has 40 heavy (non-hydrogen) atoms. The Hall–Kier alpha value is -3.55. The second-order valence-corrected chi connectivity index (χ2v) is 11.3. The van der Waals surface area contributed by atoms with Gasteiger partial charge in [-0.3, -0.25) is 14.4 Å². The maximum Gasteiger partial charge on any atom is 0.253 e. The monoisotopic (exact) mass is 579 g/mol. The van der Waals surface area contributed by atoms with Crippen LogP contribution in [0.1, 0.15) is 60.0 Å². The minimum absolute atomic E-state index is 0.0364. The minimum atomic E-state index is -0.557. The molecular weight excluding hydrogens is 549 g/mol. The van der Waals surface area contributed by atoms with Gasteiger partial charge >= 0.3 is 0 Å². The van der Waals surface area contributed by atoms with Crippen LogP contribution in [0, 0.1) is 0 Å². The molecule has 0 radical (unpaired) electrons. The molecule has 1 saturated heterocycles. The molecule has 9 heteroatoms. The molecule has 1 aliphatic heterocycles. The molecule has 2 fully saturated rings. The second kappa shape index (κ2) is 11.5. The molecule has 0 spiro atoms. The highest BCUT2D eigenvalue weighted by molar-refractivity contribution is 6.42. The minimum Gasteiger partial charge on any atom is -0.495 e. The first-order valence-electron chi connectivity index (χ1n) is 13.3. The van der Waals surface area contributed by atoms with Crippen molar-refractivity contribution in [3.63, 3.8) is 0 Å². The predicted molar refractivity (Wildman–Crippen MR) is 158 cm³/mol. The number of amides is 3.